The normalized spacial score (nSPS) is 17.4. The van der Waals surface area contributed by atoms with Gasteiger partial charge in [-0.1, -0.05) is 6.07 Å². The van der Waals surface area contributed by atoms with Gasteiger partial charge in [-0.15, -0.1) is 11.3 Å². The van der Waals surface area contributed by atoms with E-state index >= 15 is 0 Å². The highest BCUT2D eigenvalue weighted by Gasteiger charge is 2.28. The Morgan fingerprint density at radius 3 is 2.38 bits per heavy atom. The van der Waals surface area contributed by atoms with Crippen molar-refractivity contribution >= 4 is 27.0 Å². The zero-order valence-electron chi connectivity index (χ0n) is 12.5. The molecule has 0 spiro atoms. The lowest BCUT2D eigenvalue weighted by atomic mass is 10.1. The number of anilines is 1. The molecule has 0 N–H and O–H groups in total. The van der Waals surface area contributed by atoms with Crippen LogP contribution in [0.3, 0.4) is 0 Å². The van der Waals surface area contributed by atoms with Crippen molar-refractivity contribution in [1.29, 1.82) is 0 Å². The third kappa shape index (κ3) is 2.60. The van der Waals surface area contributed by atoms with Gasteiger partial charge < -0.3 is 0 Å². The van der Waals surface area contributed by atoms with E-state index in [0.717, 1.165) is 11.3 Å². The molecule has 0 radical (unpaired) electrons. The van der Waals surface area contributed by atoms with E-state index in [1.165, 1.54) is 25.2 Å². The standard InChI is InChI=1S/C16H19NO2S2/c1-11-10-16(20-13(11)3)15-6-5-14(9-12(15)2)17-7-4-8-21(17,18)19/h5-6,9-10H,4,7-8H2,1-3H3. The summed E-state index contributed by atoms with van der Waals surface area (Å²) in [5.74, 6) is 0.261. The van der Waals surface area contributed by atoms with Crippen LogP contribution in [-0.2, 0) is 10.0 Å². The van der Waals surface area contributed by atoms with E-state index < -0.39 is 10.0 Å². The Hall–Kier alpha value is -1.33. The summed E-state index contributed by atoms with van der Waals surface area (Å²) >= 11 is 1.79. The molecule has 5 heteroatoms. The summed E-state index contributed by atoms with van der Waals surface area (Å²) in [6.45, 7) is 6.89. The summed E-state index contributed by atoms with van der Waals surface area (Å²) in [4.78, 5) is 2.58. The van der Waals surface area contributed by atoms with Crippen LogP contribution in [-0.4, -0.2) is 20.7 Å². The van der Waals surface area contributed by atoms with Crippen LogP contribution in [0.15, 0.2) is 24.3 Å². The number of thiophene rings is 1. The second-order valence-electron chi connectivity index (χ2n) is 5.59. The zero-order valence-corrected chi connectivity index (χ0v) is 14.1. The summed E-state index contributed by atoms with van der Waals surface area (Å²) in [5.41, 5.74) is 4.41. The van der Waals surface area contributed by atoms with Gasteiger partial charge in [0.1, 0.15) is 0 Å². The van der Waals surface area contributed by atoms with Crippen molar-refractivity contribution in [3.8, 4) is 10.4 Å². The van der Waals surface area contributed by atoms with E-state index in [0.29, 0.717) is 13.0 Å². The van der Waals surface area contributed by atoms with E-state index in [4.69, 9.17) is 0 Å². The molecule has 1 aliphatic rings. The molecule has 2 aromatic rings. The van der Waals surface area contributed by atoms with Crippen molar-refractivity contribution in [2.45, 2.75) is 27.2 Å². The maximum absolute atomic E-state index is 12.0. The molecule has 0 atom stereocenters. The van der Waals surface area contributed by atoms with Crippen molar-refractivity contribution in [1.82, 2.24) is 0 Å². The van der Waals surface area contributed by atoms with Gasteiger partial charge in [0.2, 0.25) is 10.0 Å². The quantitative estimate of drug-likeness (QED) is 0.842. The number of hydrogen-bond acceptors (Lipinski definition) is 3. The number of hydrogen-bond donors (Lipinski definition) is 0. The molecule has 0 bridgehead atoms. The second-order valence-corrected chi connectivity index (χ2v) is 8.86. The van der Waals surface area contributed by atoms with Crippen LogP contribution in [0.5, 0.6) is 0 Å². The molecule has 0 unspecified atom stereocenters. The molecule has 0 amide bonds. The highest BCUT2D eigenvalue weighted by atomic mass is 32.2. The van der Waals surface area contributed by atoms with Crippen LogP contribution in [0.4, 0.5) is 5.69 Å². The lowest BCUT2D eigenvalue weighted by Gasteiger charge is -2.18. The van der Waals surface area contributed by atoms with Crippen LogP contribution in [0.1, 0.15) is 22.4 Å². The van der Waals surface area contributed by atoms with E-state index in [9.17, 15) is 8.42 Å². The maximum Gasteiger partial charge on any atom is 0.235 e. The molecule has 1 aromatic carbocycles. The predicted molar refractivity (Wildman–Crippen MR) is 89.7 cm³/mol. The second kappa shape index (κ2) is 5.14. The van der Waals surface area contributed by atoms with Crippen LogP contribution in [0.25, 0.3) is 10.4 Å². The van der Waals surface area contributed by atoms with Gasteiger partial charge in [-0.2, -0.15) is 0 Å². The Morgan fingerprint density at radius 1 is 1.10 bits per heavy atom. The number of sulfonamides is 1. The molecule has 1 fully saturated rings. The molecule has 1 saturated heterocycles. The fourth-order valence-electron chi connectivity index (χ4n) is 2.71. The predicted octanol–water partition coefficient (Wildman–Crippen LogP) is 3.88. The molecule has 21 heavy (non-hydrogen) atoms. The van der Waals surface area contributed by atoms with Crippen molar-refractivity contribution < 1.29 is 8.42 Å². The van der Waals surface area contributed by atoms with Gasteiger partial charge in [0.05, 0.1) is 11.4 Å². The summed E-state index contributed by atoms with van der Waals surface area (Å²) < 4.78 is 25.5. The van der Waals surface area contributed by atoms with Crippen molar-refractivity contribution in [2.75, 3.05) is 16.6 Å². The van der Waals surface area contributed by atoms with Crippen LogP contribution in [0.2, 0.25) is 0 Å². The molecule has 2 heterocycles. The van der Waals surface area contributed by atoms with Crippen LogP contribution < -0.4 is 4.31 Å². The van der Waals surface area contributed by atoms with Crippen molar-refractivity contribution in [3.63, 3.8) is 0 Å². The Kier molecular flexibility index (Phi) is 3.58. The highest BCUT2D eigenvalue weighted by molar-refractivity contribution is 7.93. The number of benzene rings is 1. The van der Waals surface area contributed by atoms with Gasteiger partial charge in [0.15, 0.2) is 0 Å². The fraction of sp³-hybridized carbons (Fsp3) is 0.375. The summed E-state index contributed by atoms with van der Waals surface area (Å²) in [5, 5.41) is 0. The largest absolute Gasteiger partial charge is 0.270 e. The van der Waals surface area contributed by atoms with E-state index in [-0.39, 0.29) is 5.75 Å². The summed E-state index contributed by atoms with van der Waals surface area (Å²) in [7, 11) is -3.10. The smallest absolute Gasteiger partial charge is 0.235 e. The lowest BCUT2D eigenvalue weighted by Crippen LogP contribution is -2.25. The minimum absolute atomic E-state index is 0.261. The first-order valence-corrected chi connectivity index (χ1v) is 9.49. The molecule has 0 saturated carbocycles. The summed E-state index contributed by atoms with van der Waals surface area (Å²) in [6.07, 6.45) is 0.715. The van der Waals surface area contributed by atoms with Crippen molar-refractivity contribution in [2.24, 2.45) is 0 Å². The Bertz CT molecular complexity index is 771. The minimum atomic E-state index is -3.10. The number of aryl methyl sites for hydroxylation is 3. The van der Waals surface area contributed by atoms with Gasteiger partial charge >= 0.3 is 0 Å². The van der Waals surface area contributed by atoms with Gasteiger partial charge in [0.25, 0.3) is 0 Å². The fourth-order valence-corrected chi connectivity index (χ4v) is 5.40. The van der Waals surface area contributed by atoms with Crippen LogP contribution in [0, 0.1) is 20.8 Å². The lowest BCUT2D eigenvalue weighted by molar-refractivity contribution is 0.599. The maximum atomic E-state index is 12.0. The number of nitrogens with zero attached hydrogens (tertiary/aromatic N) is 1. The molecular weight excluding hydrogens is 302 g/mol. The zero-order chi connectivity index (χ0) is 15.2. The molecule has 0 aliphatic carbocycles. The van der Waals surface area contributed by atoms with Gasteiger partial charge in [-0.3, -0.25) is 4.31 Å². The monoisotopic (exact) mass is 321 g/mol. The third-order valence-electron chi connectivity index (χ3n) is 4.03. The van der Waals surface area contributed by atoms with E-state index in [1.54, 1.807) is 11.3 Å². The average molecular weight is 321 g/mol. The van der Waals surface area contributed by atoms with Crippen LogP contribution >= 0.6 is 11.3 Å². The number of rotatable bonds is 2. The van der Waals surface area contributed by atoms with E-state index in [1.807, 2.05) is 25.1 Å². The third-order valence-corrected chi connectivity index (χ3v) is 7.08. The molecule has 1 aromatic heterocycles. The Morgan fingerprint density at radius 2 is 1.86 bits per heavy atom. The van der Waals surface area contributed by atoms with Crippen molar-refractivity contribution in [3.05, 3.63) is 40.3 Å². The molecule has 3 nitrogen and oxygen atoms in total. The first kappa shape index (κ1) is 14.6. The van der Waals surface area contributed by atoms with Gasteiger partial charge in [0, 0.05) is 16.3 Å². The minimum Gasteiger partial charge on any atom is -0.270 e. The molecule has 1 aliphatic heterocycles. The molecular formula is C16H19NO2S2. The average Bonchev–Trinajstić information content (AvgIpc) is 2.92. The highest BCUT2D eigenvalue weighted by Crippen LogP contribution is 2.35. The Balaban J connectivity index is 2.00. The molecule has 112 valence electrons. The SMILES string of the molecule is Cc1cc(N2CCCS2(=O)=O)ccc1-c1cc(C)c(C)s1. The molecule has 3 rings (SSSR count). The summed E-state index contributed by atoms with van der Waals surface area (Å²) in [6, 6.07) is 8.16. The van der Waals surface area contributed by atoms with Gasteiger partial charge in [-0.05, 0) is 62.1 Å². The first-order valence-electron chi connectivity index (χ1n) is 7.07. The topological polar surface area (TPSA) is 37.4 Å². The Labute approximate surface area is 130 Å². The van der Waals surface area contributed by atoms with Gasteiger partial charge in [-0.25, -0.2) is 8.42 Å². The van der Waals surface area contributed by atoms with E-state index in [2.05, 4.69) is 19.9 Å². The first-order chi connectivity index (χ1) is 9.88.